The molecule has 31 heavy (non-hydrogen) atoms. The molecule has 0 amide bonds. The number of hydrogen-bond acceptors (Lipinski definition) is 1. The van der Waals surface area contributed by atoms with E-state index in [9.17, 15) is 5.11 Å². The minimum absolute atomic E-state index is 0.0308. The molecule has 0 radical (unpaired) electrons. The molecule has 0 saturated heterocycles. The fraction of sp³-hybridized carbons (Fsp3) is 1.00. The summed E-state index contributed by atoms with van der Waals surface area (Å²) in [5.41, 5.74) is 0. The molecule has 0 rings (SSSR count). The summed E-state index contributed by atoms with van der Waals surface area (Å²) in [6.07, 6.45) is 37.1. The van der Waals surface area contributed by atoms with Crippen LogP contribution in [0.3, 0.4) is 0 Å². The molecule has 0 aromatic rings. The average molecular weight is 439 g/mol. The normalized spacial score (nSPS) is 12.5. The van der Waals surface area contributed by atoms with E-state index in [-0.39, 0.29) is 6.10 Å². The van der Waals surface area contributed by atoms with Crippen LogP contribution >= 0.6 is 0 Å². The maximum Gasteiger partial charge on any atom is 0.0540 e. The molecule has 0 unspecified atom stereocenters. The molecular weight excluding hydrogens is 376 g/mol. The van der Waals surface area contributed by atoms with Crippen molar-refractivity contribution in [1.82, 2.24) is 0 Å². The molecule has 0 saturated carbocycles. The van der Waals surface area contributed by atoms with Crippen LogP contribution in [-0.2, 0) is 0 Å². The number of hydrogen-bond donors (Lipinski definition) is 1. The van der Waals surface area contributed by atoms with Gasteiger partial charge in [-0.1, -0.05) is 174 Å². The summed E-state index contributed by atoms with van der Waals surface area (Å²) >= 11 is 0. The predicted molar refractivity (Wildman–Crippen MR) is 142 cm³/mol. The maximum absolute atomic E-state index is 10.1. The highest BCUT2D eigenvalue weighted by Crippen LogP contribution is 2.16. The first-order valence-corrected chi connectivity index (χ1v) is 15.0. The zero-order valence-electron chi connectivity index (χ0n) is 22.1. The maximum atomic E-state index is 10.1. The van der Waals surface area contributed by atoms with Crippen molar-refractivity contribution in [2.45, 2.75) is 193 Å². The second-order valence-corrected chi connectivity index (χ2v) is 10.4. The van der Waals surface area contributed by atoms with Gasteiger partial charge in [-0.15, -0.1) is 0 Å². The van der Waals surface area contributed by atoms with Crippen molar-refractivity contribution in [2.24, 2.45) is 0 Å². The summed E-state index contributed by atoms with van der Waals surface area (Å²) in [5.74, 6) is 0. The molecule has 1 N–H and O–H groups in total. The molecule has 0 aliphatic carbocycles. The number of rotatable bonds is 27. The molecule has 188 valence electrons. The van der Waals surface area contributed by atoms with Crippen LogP contribution < -0.4 is 0 Å². The molecule has 1 heteroatoms. The van der Waals surface area contributed by atoms with Gasteiger partial charge in [0.25, 0.3) is 0 Å². The van der Waals surface area contributed by atoms with Gasteiger partial charge in [-0.05, 0) is 12.8 Å². The van der Waals surface area contributed by atoms with E-state index in [1.807, 2.05) is 0 Å². The Hall–Kier alpha value is -0.0400. The number of aliphatic hydroxyl groups excluding tert-OH is 1. The molecule has 0 aromatic carbocycles. The van der Waals surface area contributed by atoms with Gasteiger partial charge in [-0.3, -0.25) is 0 Å². The first kappa shape index (κ1) is 31.0. The van der Waals surface area contributed by atoms with E-state index >= 15 is 0 Å². The minimum atomic E-state index is -0.0308. The number of unbranched alkanes of at least 4 members (excludes halogenated alkanes) is 23. The second-order valence-electron chi connectivity index (χ2n) is 10.4. The van der Waals surface area contributed by atoms with Crippen LogP contribution in [0, 0.1) is 0 Å². The Labute approximate surface area is 198 Å². The van der Waals surface area contributed by atoms with Crippen molar-refractivity contribution < 1.29 is 5.11 Å². The Bertz CT molecular complexity index is 301. The van der Waals surface area contributed by atoms with Crippen molar-refractivity contribution in [2.75, 3.05) is 0 Å². The minimum Gasteiger partial charge on any atom is -0.393 e. The lowest BCUT2D eigenvalue weighted by atomic mass is 10.0. The molecule has 0 aliphatic heterocycles. The van der Waals surface area contributed by atoms with Crippen LogP contribution in [0.25, 0.3) is 0 Å². The lowest BCUT2D eigenvalue weighted by Gasteiger charge is -2.10. The Balaban J connectivity index is 3.10. The van der Waals surface area contributed by atoms with Crippen molar-refractivity contribution in [1.29, 1.82) is 0 Å². The summed E-state index contributed by atoms with van der Waals surface area (Å²) in [4.78, 5) is 0. The van der Waals surface area contributed by atoms with Crippen LogP contribution in [0.1, 0.15) is 187 Å². The monoisotopic (exact) mass is 438 g/mol. The zero-order chi connectivity index (χ0) is 22.7. The molecule has 0 fully saturated rings. The summed E-state index contributed by atoms with van der Waals surface area (Å²) in [6.45, 7) is 4.57. The first-order valence-electron chi connectivity index (χ1n) is 15.0. The van der Waals surface area contributed by atoms with Gasteiger partial charge >= 0.3 is 0 Å². The Kier molecular flexibility index (Phi) is 28.0. The van der Waals surface area contributed by atoms with Crippen LogP contribution in [-0.4, -0.2) is 11.2 Å². The summed E-state index contributed by atoms with van der Waals surface area (Å²) < 4.78 is 0. The Morgan fingerprint density at radius 3 is 0.742 bits per heavy atom. The van der Waals surface area contributed by atoms with Gasteiger partial charge in [-0.2, -0.15) is 0 Å². The summed E-state index contributed by atoms with van der Waals surface area (Å²) in [6, 6.07) is 0. The van der Waals surface area contributed by atoms with Crippen LogP contribution in [0.15, 0.2) is 0 Å². The largest absolute Gasteiger partial charge is 0.393 e. The van der Waals surface area contributed by atoms with E-state index in [1.165, 1.54) is 161 Å². The van der Waals surface area contributed by atoms with E-state index in [1.54, 1.807) is 0 Å². The van der Waals surface area contributed by atoms with Gasteiger partial charge < -0.3 is 5.11 Å². The first-order chi connectivity index (χ1) is 15.3. The van der Waals surface area contributed by atoms with Gasteiger partial charge in [0, 0.05) is 0 Å². The van der Waals surface area contributed by atoms with Crippen LogP contribution in [0.4, 0.5) is 0 Å². The van der Waals surface area contributed by atoms with Gasteiger partial charge in [0.05, 0.1) is 6.10 Å². The molecule has 1 atom stereocenters. The molecule has 0 bridgehead atoms. The number of aliphatic hydroxyl groups is 1. The van der Waals surface area contributed by atoms with Crippen molar-refractivity contribution >= 4 is 0 Å². The third-order valence-electron chi connectivity index (χ3n) is 7.03. The SMILES string of the molecule is CCCCCCCCCCCCCCCCCCCC[C@H](O)CCCCCCCCC. The average Bonchev–Trinajstić information content (AvgIpc) is 2.77. The van der Waals surface area contributed by atoms with Gasteiger partial charge in [-0.25, -0.2) is 0 Å². The second kappa shape index (κ2) is 28.0. The van der Waals surface area contributed by atoms with Crippen LogP contribution in [0.5, 0.6) is 0 Å². The lowest BCUT2D eigenvalue weighted by molar-refractivity contribution is 0.147. The summed E-state index contributed by atoms with van der Waals surface area (Å²) in [5, 5.41) is 10.1. The van der Waals surface area contributed by atoms with Crippen molar-refractivity contribution in [3.63, 3.8) is 0 Å². The third kappa shape index (κ3) is 27.9. The van der Waals surface area contributed by atoms with E-state index in [2.05, 4.69) is 13.8 Å². The van der Waals surface area contributed by atoms with E-state index in [0.717, 1.165) is 12.8 Å². The highest BCUT2D eigenvalue weighted by atomic mass is 16.3. The van der Waals surface area contributed by atoms with E-state index in [4.69, 9.17) is 0 Å². The van der Waals surface area contributed by atoms with Gasteiger partial charge in [0.2, 0.25) is 0 Å². The smallest absolute Gasteiger partial charge is 0.0540 e. The molecule has 0 spiro atoms. The Morgan fingerprint density at radius 2 is 0.516 bits per heavy atom. The fourth-order valence-electron chi connectivity index (χ4n) is 4.76. The third-order valence-corrected chi connectivity index (χ3v) is 7.03. The van der Waals surface area contributed by atoms with Crippen molar-refractivity contribution in [3.8, 4) is 0 Å². The standard InChI is InChI=1S/C30H62O/c1-3-5-7-9-11-12-13-14-15-16-17-18-19-20-21-23-25-27-29-30(31)28-26-24-22-10-8-6-4-2/h30-31H,3-29H2,1-2H3/t30-/m1/s1. The van der Waals surface area contributed by atoms with E-state index in [0.29, 0.717) is 0 Å². The van der Waals surface area contributed by atoms with Crippen LogP contribution in [0.2, 0.25) is 0 Å². The van der Waals surface area contributed by atoms with Gasteiger partial charge in [0.15, 0.2) is 0 Å². The van der Waals surface area contributed by atoms with Gasteiger partial charge in [0.1, 0.15) is 0 Å². The molecule has 1 nitrogen and oxygen atoms in total. The molecular formula is C30H62O. The predicted octanol–water partition coefficient (Wildman–Crippen LogP) is 10.9. The molecule has 0 heterocycles. The lowest BCUT2D eigenvalue weighted by Crippen LogP contribution is -2.05. The fourth-order valence-corrected chi connectivity index (χ4v) is 4.76. The Morgan fingerprint density at radius 1 is 0.323 bits per heavy atom. The van der Waals surface area contributed by atoms with E-state index < -0.39 is 0 Å². The summed E-state index contributed by atoms with van der Waals surface area (Å²) in [7, 11) is 0. The quantitative estimate of drug-likeness (QED) is 0.126. The van der Waals surface area contributed by atoms with Crippen molar-refractivity contribution in [3.05, 3.63) is 0 Å². The zero-order valence-corrected chi connectivity index (χ0v) is 22.1. The highest BCUT2D eigenvalue weighted by molar-refractivity contribution is 4.58. The molecule has 0 aliphatic rings. The molecule has 0 aromatic heterocycles. The highest BCUT2D eigenvalue weighted by Gasteiger charge is 2.03. The topological polar surface area (TPSA) is 20.2 Å².